The molecule has 1 aromatic carbocycles. The molecule has 0 saturated carbocycles. The number of nitrogens with zero attached hydrogens (tertiary/aromatic N) is 1. The minimum atomic E-state index is -0.0804. The first-order chi connectivity index (χ1) is 11.0. The number of likely N-dealkylation sites (tertiary alicyclic amines) is 1. The number of amides is 1. The molecule has 5 nitrogen and oxygen atoms in total. The zero-order chi connectivity index (χ0) is 16.8. The maximum Gasteiger partial charge on any atom is 0.251 e. The maximum absolute atomic E-state index is 12.3. The Kier molecular flexibility index (Phi) is 6.28. The fourth-order valence-corrected chi connectivity index (χ4v) is 2.92. The van der Waals surface area contributed by atoms with Crippen LogP contribution in [0.4, 0.5) is 0 Å². The van der Waals surface area contributed by atoms with Gasteiger partial charge in [-0.1, -0.05) is 6.92 Å². The molecule has 0 spiro atoms. The summed E-state index contributed by atoms with van der Waals surface area (Å²) in [5.74, 6) is 1.93. The molecule has 1 heterocycles. The van der Waals surface area contributed by atoms with Gasteiger partial charge in [-0.3, -0.25) is 9.69 Å². The summed E-state index contributed by atoms with van der Waals surface area (Å²) in [6.07, 6.45) is 2.49. The van der Waals surface area contributed by atoms with Gasteiger partial charge < -0.3 is 14.8 Å². The first-order valence-electron chi connectivity index (χ1n) is 8.29. The lowest BCUT2D eigenvalue weighted by molar-refractivity contribution is 0.0921. The number of carbonyl (C=O) groups is 1. The zero-order valence-corrected chi connectivity index (χ0v) is 14.6. The van der Waals surface area contributed by atoms with Gasteiger partial charge >= 0.3 is 0 Å². The lowest BCUT2D eigenvalue weighted by atomic mass is 9.98. The van der Waals surface area contributed by atoms with Crippen molar-refractivity contribution in [2.24, 2.45) is 5.92 Å². The van der Waals surface area contributed by atoms with E-state index in [0.717, 1.165) is 19.0 Å². The van der Waals surface area contributed by atoms with E-state index in [0.29, 0.717) is 29.6 Å². The van der Waals surface area contributed by atoms with E-state index in [4.69, 9.17) is 9.47 Å². The van der Waals surface area contributed by atoms with Crippen LogP contribution in [0.15, 0.2) is 18.2 Å². The van der Waals surface area contributed by atoms with Crippen LogP contribution in [0.1, 0.15) is 37.0 Å². The highest BCUT2D eigenvalue weighted by atomic mass is 16.5. The maximum atomic E-state index is 12.3. The molecule has 1 aromatic rings. The topological polar surface area (TPSA) is 50.8 Å². The largest absolute Gasteiger partial charge is 0.493 e. The van der Waals surface area contributed by atoms with Crippen molar-refractivity contribution in [2.75, 3.05) is 33.9 Å². The second-order valence-electron chi connectivity index (χ2n) is 6.35. The van der Waals surface area contributed by atoms with Gasteiger partial charge in [-0.25, -0.2) is 0 Å². The van der Waals surface area contributed by atoms with E-state index in [1.54, 1.807) is 32.4 Å². The lowest BCUT2D eigenvalue weighted by Crippen LogP contribution is -2.45. The van der Waals surface area contributed by atoms with E-state index < -0.39 is 0 Å². The van der Waals surface area contributed by atoms with Crippen molar-refractivity contribution in [3.8, 4) is 11.5 Å². The van der Waals surface area contributed by atoms with Crippen molar-refractivity contribution < 1.29 is 14.3 Å². The number of carbonyl (C=O) groups excluding carboxylic acids is 1. The normalized spacial score (nSPS) is 17.6. The fraction of sp³-hybridized carbons (Fsp3) is 0.611. The van der Waals surface area contributed by atoms with Crippen molar-refractivity contribution in [1.29, 1.82) is 0 Å². The molecule has 1 saturated heterocycles. The minimum Gasteiger partial charge on any atom is -0.493 e. The Morgan fingerprint density at radius 2 is 1.91 bits per heavy atom. The van der Waals surface area contributed by atoms with E-state index in [9.17, 15) is 4.79 Å². The summed E-state index contributed by atoms with van der Waals surface area (Å²) in [5, 5.41) is 3.02. The van der Waals surface area contributed by atoms with Crippen LogP contribution in [0.3, 0.4) is 0 Å². The number of benzene rings is 1. The molecule has 2 rings (SSSR count). The van der Waals surface area contributed by atoms with Crippen LogP contribution in [0.25, 0.3) is 0 Å². The second-order valence-corrected chi connectivity index (χ2v) is 6.35. The summed E-state index contributed by atoms with van der Waals surface area (Å²) in [5.41, 5.74) is 0.585. The van der Waals surface area contributed by atoms with Crippen LogP contribution >= 0.6 is 0 Å². The molecule has 0 aliphatic carbocycles. The molecule has 1 fully saturated rings. The standard InChI is InChI=1S/C18H28N2O3/c1-13-7-9-20(10-8-13)14(2)12-19-18(21)15-5-6-16(22-3)17(11-15)23-4/h5-6,11,13-14H,7-10,12H2,1-4H3,(H,19,21). The first kappa shape index (κ1) is 17.6. The molecule has 1 aliphatic rings. The Labute approximate surface area is 139 Å². The number of ether oxygens (including phenoxy) is 2. The molecule has 0 radical (unpaired) electrons. The molecule has 1 N–H and O–H groups in total. The smallest absolute Gasteiger partial charge is 0.251 e. The first-order valence-corrected chi connectivity index (χ1v) is 8.29. The second kappa shape index (κ2) is 8.20. The summed E-state index contributed by atoms with van der Waals surface area (Å²) in [4.78, 5) is 14.8. The van der Waals surface area contributed by atoms with E-state index in [1.165, 1.54) is 12.8 Å². The highest BCUT2D eigenvalue weighted by Gasteiger charge is 2.21. The lowest BCUT2D eigenvalue weighted by Gasteiger charge is -2.35. The van der Waals surface area contributed by atoms with Crippen LogP contribution < -0.4 is 14.8 Å². The Balaban J connectivity index is 1.89. The number of nitrogens with one attached hydrogen (secondary N) is 1. The third-order valence-electron chi connectivity index (χ3n) is 4.65. The predicted molar refractivity (Wildman–Crippen MR) is 91.3 cm³/mol. The summed E-state index contributed by atoms with van der Waals surface area (Å²) < 4.78 is 10.4. The monoisotopic (exact) mass is 320 g/mol. The molecule has 5 heteroatoms. The van der Waals surface area contributed by atoms with E-state index in [1.807, 2.05) is 0 Å². The van der Waals surface area contributed by atoms with Crippen molar-refractivity contribution in [3.05, 3.63) is 23.8 Å². The van der Waals surface area contributed by atoms with E-state index in [2.05, 4.69) is 24.1 Å². The molecular weight excluding hydrogens is 292 g/mol. The number of rotatable bonds is 6. The SMILES string of the molecule is COc1ccc(C(=O)NCC(C)N2CCC(C)CC2)cc1OC. The van der Waals surface area contributed by atoms with Gasteiger partial charge in [0, 0.05) is 18.2 Å². The average molecular weight is 320 g/mol. The summed E-state index contributed by atoms with van der Waals surface area (Å²) >= 11 is 0. The Hall–Kier alpha value is -1.75. The van der Waals surface area contributed by atoms with Crippen LogP contribution in [0.5, 0.6) is 11.5 Å². The molecule has 23 heavy (non-hydrogen) atoms. The molecule has 1 aliphatic heterocycles. The Morgan fingerprint density at radius 1 is 1.26 bits per heavy atom. The van der Waals surface area contributed by atoms with Gasteiger partial charge in [0.05, 0.1) is 14.2 Å². The number of piperidine rings is 1. The van der Waals surface area contributed by atoms with Gasteiger partial charge in [-0.2, -0.15) is 0 Å². The van der Waals surface area contributed by atoms with Crippen LogP contribution in [-0.4, -0.2) is 50.7 Å². The summed E-state index contributed by atoms with van der Waals surface area (Å²) in [6, 6.07) is 5.57. The van der Waals surface area contributed by atoms with Crippen LogP contribution in [0.2, 0.25) is 0 Å². The van der Waals surface area contributed by atoms with Crippen molar-refractivity contribution in [1.82, 2.24) is 10.2 Å². The van der Waals surface area contributed by atoms with E-state index >= 15 is 0 Å². The third-order valence-corrected chi connectivity index (χ3v) is 4.65. The van der Waals surface area contributed by atoms with Gasteiger partial charge in [-0.15, -0.1) is 0 Å². The highest BCUT2D eigenvalue weighted by molar-refractivity contribution is 5.94. The molecular formula is C18H28N2O3. The predicted octanol–water partition coefficient (Wildman–Crippen LogP) is 2.55. The number of hydrogen-bond donors (Lipinski definition) is 1. The average Bonchev–Trinajstić information content (AvgIpc) is 2.59. The molecule has 1 amide bonds. The molecule has 1 atom stereocenters. The zero-order valence-electron chi connectivity index (χ0n) is 14.6. The summed E-state index contributed by atoms with van der Waals surface area (Å²) in [7, 11) is 3.15. The highest BCUT2D eigenvalue weighted by Crippen LogP contribution is 2.27. The molecule has 128 valence electrons. The summed E-state index contributed by atoms with van der Waals surface area (Å²) in [6.45, 7) is 7.37. The third kappa shape index (κ3) is 4.61. The van der Waals surface area contributed by atoms with Gasteiger partial charge in [0.25, 0.3) is 5.91 Å². The van der Waals surface area contributed by atoms with Gasteiger partial charge in [0.2, 0.25) is 0 Å². The van der Waals surface area contributed by atoms with Gasteiger partial charge in [0.15, 0.2) is 11.5 Å². The van der Waals surface area contributed by atoms with Crippen molar-refractivity contribution in [2.45, 2.75) is 32.7 Å². The van der Waals surface area contributed by atoms with Crippen molar-refractivity contribution >= 4 is 5.91 Å². The van der Waals surface area contributed by atoms with Crippen LogP contribution in [0, 0.1) is 5.92 Å². The van der Waals surface area contributed by atoms with Crippen molar-refractivity contribution in [3.63, 3.8) is 0 Å². The fourth-order valence-electron chi connectivity index (χ4n) is 2.92. The molecule has 1 unspecified atom stereocenters. The molecule has 0 bridgehead atoms. The Morgan fingerprint density at radius 3 is 2.52 bits per heavy atom. The van der Waals surface area contributed by atoms with Gasteiger partial charge in [-0.05, 0) is 57.0 Å². The molecule has 0 aromatic heterocycles. The van der Waals surface area contributed by atoms with E-state index in [-0.39, 0.29) is 5.91 Å². The van der Waals surface area contributed by atoms with Gasteiger partial charge in [0.1, 0.15) is 0 Å². The van der Waals surface area contributed by atoms with Crippen LogP contribution in [-0.2, 0) is 0 Å². The minimum absolute atomic E-state index is 0.0804. The number of hydrogen-bond acceptors (Lipinski definition) is 4. The number of methoxy groups -OCH3 is 2. The Bertz CT molecular complexity index is 525. The quantitative estimate of drug-likeness (QED) is 0.875.